The van der Waals surface area contributed by atoms with E-state index >= 15 is 0 Å². The Balaban J connectivity index is 2.09. The normalized spacial score (nSPS) is 12.4. The first kappa shape index (κ1) is 15.7. The lowest BCUT2D eigenvalue weighted by molar-refractivity contribution is 0.554. The van der Waals surface area contributed by atoms with Gasteiger partial charge in [0.2, 0.25) is 0 Å². The Kier molecular flexibility index (Phi) is 5.75. The summed E-state index contributed by atoms with van der Waals surface area (Å²) in [4.78, 5) is 0. The molecule has 0 bridgehead atoms. The minimum atomic E-state index is -0.214. The van der Waals surface area contributed by atoms with Gasteiger partial charge in [-0.25, -0.2) is 4.39 Å². The maximum atomic E-state index is 13.1. The minimum Gasteiger partial charge on any atom is -0.316 e. The van der Waals surface area contributed by atoms with Gasteiger partial charge < -0.3 is 5.32 Å². The second-order valence-corrected chi connectivity index (χ2v) is 6.53. The lowest BCUT2D eigenvalue weighted by Gasteiger charge is -2.17. The molecule has 0 aliphatic rings. The number of hydrogen-bond acceptors (Lipinski definition) is 1. The van der Waals surface area contributed by atoms with Crippen LogP contribution in [0.5, 0.6) is 0 Å². The zero-order valence-corrected chi connectivity index (χ0v) is 14.3. The molecular formula is C16H16Br2FN. The molecule has 0 aromatic heterocycles. The second-order valence-electron chi connectivity index (χ2n) is 4.76. The highest BCUT2D eigenvalue weighted by atomic mass is 79.9. The molecule has 2 aromatic carbocycles. The van der Waals surface area contributed by atoms with E-state index in [0.29, 0.717) is 6.04 Å². The maximum absolute atomic E-state index is 13.1. The van der Waals surface area contributed by atoms with E-state index in [1.165, 1.54) is 17.7 Å². The van der Waals surface area contributed by atoms with Crippen molar-refractivity contribution in [1.82, 2.24) is 5.32 Å². The molecule has 0 aliphatic carbocycles. The Morgan fingerprint density at radius 3 is 2.55 bits per heavy atom. The molecule has 1 unspecified atom stereocenters. The van der Waals surface area contributed by atoms with Crippen LogP contribution in [0.25, 0.3) is 0 Å². The fourth-order valence-electron chi connectivity index (χ4n) is 2.18. The Bertz CT molecular complexity index is 586. The van der Waals surface area contributed by atoms with Gasteiger partial charge >= 0.3 is 0 Å². The first-order chi connectivity index (χ1) is 9.58. The summed E-state index contributed by atoms with van der Waals surface area (Å²) in [5.74, 6) is -0.214. The number of rotatable bonds is 5. The first-order valence-corrected chi connectivity index (χ1v) is 8.02. The summed E-state index contributed by atoms with van der Waals surface area (Å²) in [7, 11) is 1.96. The molecule has 1 N–H and O–H groups in total. The van der Waals surface area contributed by atoms with Gasteiger partial charge in [0.1, 0.15) is 5.82 Å². The fraction of sp³-hybridized carbons (Fsp3) is 0.250. The molecule has 4 heteroatoms. The number of halogens is 3. The highest BCUT2D eigenvalue weighted by Gasteiger charge is 2.11. The monoisotopic (exact) mass is 399 g/mol. The van der Waals surface area contributed by atoms with Gasteiger partial charge in [-0.15, -0.1) is 0 Å². The van der Waals surface area contributed by atoms with E-state index in [1.807, 2.05) is 25.2 Å². The summed E-state index contributed by atoms with van der Waals surface area (Å²) in [6.45, 7) is 0. The number of benzene rings is 2. The SMILES string of the molecule is CNC(Cc1cccc(Br)c1)Cc1ccc(F)cc1Br. The largest absolute Gasteiger partial charge is 0.316 e. The Hall–Kier alpha value is -0.710. The van der Waals surface area contributed by atoms with E-state index < -0.39 is 0 Å². The molecule has 2 aromatic rings. The molecule has 106 valence electrons. The Labute approximate surface area is 135 Å². The van der Waals surface area contributed by atoms with Crippen LogP contribution in [0.15, 0.2) is 51.4 Å². The molecule has 0 fully saturated rings. The average molecular weight is 401 g/mol. The number of likely N-dealkylation sites (N-methyl/N-ethyl adjacent to an activating group) is 1. The fourth-order valence-corrected chi connectivity index (χ4v) is 3.14. The van der Waals surface area contributed by atoms with E-state index in [9.17, 15) is 4.39 Å². The van der Waals surface area contributed by atoms with Crippen molar-refractivity contribution in [1.29, 1.82) is 0 Å². The van der Waals surface area contributed by atoms with Crippen LogP contribution in [-0.2, 0) is 12.8 Å². The zero-order chi connectivity index (χ0) is 14.5. The highest BCUT2D eigenvalue weighted by Crippen LogP contribution is 2.21. The average Bonchev–Trinajstić information content (AvgIpc) is 2.41. The predicted octanol–water partition coefficient (Wildman–Crippen LogP) is 4.72. The van der Waals surface area contributed by atoms with Crippen LogP contribution in [0.3, 0.4) is 0 Å². The van der Waals surface area contributed by atoms with Crippen LogP contribution >= 0.6 is 31.9 Å². The van der Waals surface area contributed by atoms with E-state index in [0.717, 1.165) is 27.4 Å². The summed E-state index contributed by atoms with van der Waals surface area (Å²) in [5.41, 5.74) is 2.39. The smallest absolute Gasteiger partial charge is 0.124 e. The summed E-state index contributed by atoms with van der Waals surface area (Å²) in [6, 6.07) is 13.5. The Morgan fingerprint density at radius 2 is 1.90 bits per heavy atom. The molecule has 0 aliphatic heterocycles. The summed E-state index contributed by atoms with van der Waals surface area (Å²) in [6.07, 6.45) is 1.78. The molecule has 20 heavy (non-hydrogen) atoms. The molecule has 1 nitrogen and oxygen atoms in total. The van der Waals surface area contributed by atoms with Crippen LogP contribution in [0.2, 0.25) is 0 Å². The second kappa shape index (κ2) is 7.34. The topological polar surface area (TPSA) is 12.0 Å². The van der Waals surface area contributed by atoms with Crippen molar-refractivity contribution in [2.45, 2.75) is 18.9 Å². The van der Waals surface area contributed by atoms with Crippen molar-refractivity contribution in [2.24, 2.45) is 0 Å². The van der Waals surface area contributed by atoms with Crippen LogP contribution in [0.4, 0.5) is 4.39 Å². The molecule has 1 atom stereocenters. The molecule has 0 saturated heterocycles. The molecule has 0 amide bonds. The van der Waals surface area contributed by atoms with Crippen molar-refractivity contribution >= 4 is 31.9 Å². The van der Waals surface area contributed by atoms with Crippen molar-refractivity contribution in [2.75, 3.05) is 7.05 Å². The third kappa shape index (κ3) is 4.40. The van der Waals surface area contributed by atoms with Crippen LogP contribution in [0.1, 0.15) is 11.1 Å². The molecular weight excluding hydrogens is 385 g/mol. The summed E-state index contributed by atoms with van der Waals surface area (Å²) >= 11 is 6.92. The molecule has 0 radical (unpaired) electrons. The van der Waals surface area contributed by atoms with E-state index in [4.69, 9.17) is 0 Å². The third-order valence-electron chi connectivity index (χ3n) is 3.26. The first-order valence-electron chi connectivity index (χ1n) is 6.44. The van der Waals surface area contributed by atoms with Crippen LogP contribution < -0.4 is 5.32 Å². The summed E-state index contributed by atoms with van der Waals surface area (Å²) < 4.78 is 15.0. The maximum Gasteiger partial charge on any atom is 0.124 e. The highest BCUT2D eigenvalue weighted by molar-refractivity contribution is 9.10. The van der Waals surface area contributed by atoms with Crippen molar-refractivity contribution < 1.29 is 4.39 Å². The third-order valence-corrected chi connectivity index (χ3v) is 4.49. The van der Waals surface area contributed by atoms with E-state index in [1.54, 1.807) is 0 Å². The lowest BCUT2D eigenvalue weighted by Crippen LogP contribution is -2.30. The lowest BCUT2D eigenvalue weighted by atomic mass is 9.99. The van der Waals surface area contributed by atoms with Crippen LogP contribution in [-0.4, -0.2) is 13.1 Å². The van der Waals surface area contributed by atoms with Gasteiger partial charge in [-0.2, -0.15) is 0 Å². The van der Waals surface area contributed by atoms with Gasteiger partial charge in [0.05, 0.1) is 0 Å². The molecule has 0 heterocycles. The zero-order valence-electron chi connectivity index (χ0n) is 11.2. The van der Waals surface area contributed by atoms with Gasteiger partial charge in [0, 0.05) is 15.0 Å². The van der Waals surface area contributed by atoms with E-state index in [2.05, 4.69) is 49.3 Å². The van der Waals surface area contributed by atoms with Gasteiger partial charge in [-0.05, 0) is 55.3 Å². The van der Waals surface area contributed by atoms with Crippen molar-refractivity contribution in [3.05, 3.63) is 68.4 Å². The number of hydrogen-bond donors (Lipinski definition) is 1. The molecule has 0 saturated carbocycles. The summed E-state index contributed by atoms with van der Waals surface area (Å²) in [5, 5.41) is 3.33. The van der Waals surface area contributed by atoms with Crippen molar-refractivity contribution in [3.63, 3.8) is 0 Å². The predicted molar refractivity (Wildman–Crippen MR) is 88.5 cm³/mol. The Morgan fingerprint density at radius 1 is 1.10 bits per heavy atom. The van der Waals surface area contributed by atoms with Gasteiger partial charge in [0.15, 0.2) is 0 Å². The van der Waals surface area contributed by atoms with Crippen molar-refractivity contribution in [3.8, 4) is 0 Å². The molecule has 2 rings (SSSR count). The standard InChI is InChI=1S/C16H16Br2FN/c1-20-15(8-11-3-2-4-13(17)7-11)9-12-5-6-14(19)10-16(12)18/h2-7,10,15,20H,8-9H2,1H3. The quantitative estimate of drug-likeness (QED) is 0.765. The van der Waals surface area contributed by atoms with Gasteiger partial charge in [0.25, 0.3) is 0 Å². The van der Waals surface area contributed by atoms with Crippen LogP contribution in [0, 0.1) is 5.82 Å². The van der Waals surface area contributed by atoms with Gasteiger partial charge in [-0.1, -0.05) is 50.1 Å². The molecule has 0 spiro atoms. The minimum absolute atomic E-state index is 0.214. The van der Waals surface area contributed by atoms with Gasteiger partial charge in [-0.3, -0.25) is 0 Å². The number of nitrogens with one attached hydrogen (secondary N) is 1. The van der Waals surface area contributed by atoms with E-state index in [-0.39, 0.29) is 5.82 Å².